The molecule has 0 bridgehead atoms. The van der Waals surface area contributed by atoms with Crippen LogP contribution in [-0.4, -0.2) is 60.3 Å². The molecular weight excluding hydrogens is 310 g/mol. The molecule has 0 spiro atoms. The Labute approximate surface area is 129 Å². The molecule has 0 radical (unpaired) electrons. The van der Waals surface area contributed by atoms with Crippen LogP contribution in [0, 0.1) is 0 Å². The molecule has 116 valence electrons. The lowest BCUT2D eigenvalue weighted by Crippen LogP contribution is -2.47. The van der Waals surface area contributed by atoms with E-state index >= 15 is 0 Å². The number of thioether (sulfide) groups is 1. The van der Waals surface area contributed by atoms with Gasteiger partial charge in [0.1, 0.15) is 0 Å². The zero-order chi connectivity index (χ0) is 15.5. The Balaban J connectivity index is 1.99. The van der Waals surface area contributed by atoms with Crippen LogP contribution in [0.4, 0.5) is 0 Å². The topological polar surface area (TPSA) is 74.7 Å². The van der Waals surface area contributed by atoms with Gasteiger partial charge in [-0.25, -0.2) is 8.42 Å². The molecule has 0 aromatic heterocycles. The number of aliphatic hydroxyl groups is 1. The molecule has 7 heteroatoms. The standard InChI is InChI=1S/C14H19NO4S2/c1-2-15(12-9-21(18,19)10-13(12)16)14(17)8-20-11-6-4-3-5-7-11/h3-7,12-13,16H,2,8-10H2,1H3/t12-,13-/m1/s1. The smallest absolute Gasteiger partial charge is 0.233 e. The van der Waals surface area contributed by atoms with Crippen LogP contribution in [0.15, 0.2) is 35.2 Å². The third-order valence-electron chi connectivity index (χ3n) is 3.46. The van der Waals surface area contributed by atoms with Gasteiger partial charge in [-0.15, -0.1) is 11.8 Å². The van der Waals surface area contributed by atoms with E-state index in [1.54, 1.807) is 6.92 Å². The van der Waals surface area contributed by atoms with Crippen molar-refractivity contribution in [1.29, 1.82) is 0 Å². The fraction of sp³-hybridized carbons (Fsp3) is 0.500. The third kappa shape index (κ3) is 4.21. The highest BCUT2D eigenvalue weighted by molar-refractivity contribution is 8.00. The molecule has 1 N–H and O–H groups in total. The van der Waals surface area contributed by atoms with Crippen molar-refractivity contribution < 1.29 is 18.3 Å². The maximum Gasteiger partial charge on any atom is 0.233 e. The highest BCUT2D eigenvalue weighted by Gasteiger charge is 2.41. The minimum absolute atomic E-state index is 0.146. The van der Waals surface area contributed by atoms with Gasteiger partial charge in [0.25, 0.3) is 0 Å². The largest absolute Gasteiger partial charge is 0.390 e. The minimum atomic E-state index is -3.25. The molecule has 1 fully saturated rings. The number of carbonyl (C=O) groups excluding carboxylic acids is 1. The Morgan fingerprint density at radius 2 is 2.00 bits per heavy atom. The zero-order valence-corrected chi connectivity index (χ0v) is 13.4. The molecule has 1 saturated heterocycles. The minimum Gasteiger partial charge on any atom is -0.390 e. The number of hydrogen-bond donors (Lipinski definition) is 1. The van der Waals surface area contributed by atoms with Crippen molar-refractivity contribution in [3.05, 3.63) is 30.3 Å². The molecule has 1 aliphatic heterocycles. The molecule has 1 aromatic rings. The quantitative estimate of drug-likeness (QED) is 0.808. The van der Waals surface area contributed by atoms with Crippen molar-refractivity contribution in [3.8, 4) is 0 Å². The molecular formula is C14H19NO4S2. The summed E-state index contributed by atoms with van der Waals surface area (Å²) in [4.78, 5) is 14.8. The Kier molecular flexibility index (Phi) is 5.29. The number of nitrogens with zero attached hydrogens (tertiary/aromatic N) is 1. The summed E-state index contributed by atoms with van der Waals surface area (Å²) < 4.78 is 23.1. The fourth-order valence-corrected chi connectivity index (χ4v) is 5.06. The fourth-order valence-electron chi connectivity index (χ4n) is 2.45. The predicted octanol–water partition coefficient (Wildman–Crippen LogP) is 0.785. The number of aliphatic hydroxyl groups excluding tert-OH is 1. The second-order valence-corrected chi connectivity index (χ2v) is 8.20. The van der Waals surface area contributed by atoms with Crippen LogP contribution in [-0.2, 0) is 14.6 Å². The molecule has 1 aromatic carbocycles. The third-order valence-corrected chi connectivity index (χ3v) is 6.16. The summed E-state index contributed by atoms with van der Waals surface area (Å²) in [7, 11) is -3.25. The van der Waals surface area contributed by atoms with Gasteiger partial charge in [-0.05, 0) is 19.1 Å². The summed E-state index contributed by atoms with van der Waals surface area (Å²) >= 11 is 1.41. The Morgan fingerprint density at radius 3 is 2.52 bits per heavy atom. The number of carbonyl (C=O) groups is 1. The van der Waals surface area contributed by atoms with Gasteiger partial charge in [0.2, 0.25) is 5.91 Å². The SMILES string of the molecule is CCN(C(=O)CSc1ccccc1)[C@@H]1CS(=O)(=O)C[C@H]1O. The van der Waals surface area contributed by atoms with Crippen molar-refractivity contribution in [2.75, 3.05) is 23.8 Å². The molecule has 2 atom stereocenters. The average molecular weight is 329 g/mol. The average Bonchev–Trinajstić information content (AvgIpc) is 2.72. The van der Waals surface area contributed by atoms with Crippen LogP contribution in [0.3, 0.4) is 0 Å². The van der Waals surface area contributed by atoms with E-state index in [9.17, 15) is 18.3 Å². The monoisotopic (exact) mass is 329 g/mol. The first-order chi connectivity index (χ1) is 9.93. The predicted molar refractivity (Wildman–Crippen MR) is 83.0 cm³/mol. The molecule has 1 aliphatic rings. The van der Waals surface area contributed by atoms with E-state index in [0.717, 1.165) is 4.90 Å². The van der Waals surface area contributed by atoms with E-state index in [0.29, 0.717) is 6.54 Å². The summed E-state index contributed by atoms with van der Waals surface area (Å²) in [5.74, 6) is -0.314. The van der Waals surface area contributed by atoms with Crippen molar-refractivity contribution in [2.45, 2.75) is 24.0 Å². The van der Waals surface area contributed by atoms with E-state index in [1.165, 1.54) is 16.7 Å². The molecule has 1 heterocycles. The van der Waals surface area contributed by atoms with Crippen molar-refractivity contribution in [2.24, 2.45) is 0 Å². The molecule has 1 amide bonds. The van der Waals surface area contributed by atoms with E-state index in [1.807, 2.05) is 30.3 Å². The Morgan fingerprint density at radius 1 is 1.33 bits per heavy atom. The van der Waals surface area contributed by atoms with Crippen LogP contribution in [0.2, 0.25) is 0 Å². The summed E-state index contributed by atoms with van der Waals surface area (Å²) in [6.45, 7) is 2.19. The van der Waals surface area contributed by atoms with Gasteiger partial charge in [-0.1, -0.05) is 18.2 Å². The first-order valence-corrected chi connectivity index (χ1v) is 9.59. The van der Waals surface area contributed by atoms with Crippen molar-refractivity contribution >= 4 is 27.5 Å². The first kappa shape index (κ1) is 16.3. The molecule has 2 rings (SSSR count). The van der Waals surface area contributed by atoms with E-state index in [4.69, 9.17) is 0 Å². The van der Waals surface area contributed by atoms with E-state index in [-0.39, 0.29) is 23.2 Å². The van der Waals surface area contributed by atoms with Gasteiger partial charge in [0.15, 0.2) is 9.84 Å². The summed E-state index contributed by atoms with van der Waals surface area (Å²) in [6, 6.07) is 8.93. The van der Waals surface area contributed by atoms with Crippen LogP contribution >= 0.6 is 11.8 Å². The van der Waals surface area contributed by atoms with Gasteiger partial charge in [0.05, 0.1) is 29.4 Å². The number of likely N-dealkylation sites (N-methyl/N-ethyl adjacent to an activating group) is 1. The van der Waals surface area contributed by atoms with Crippen molar-refractivity contribution in [3.63, 3.8) is 0 Å². The van der Waals surface area contributed by atoms with Crippen molar-refractivity contribution in [1.82, 2.24) is 4.90 Å². The molecule has 5 nitrogen and oxygen atoms in total. The first-order valence-electron chi connectivity index (χ1n) is 6.79. The summed E-state index contributed by atoms with van der Waals surface area (Å²) in [5.41, 5.74) is 0. The van der Waals surface area contributed by atoms with Gasteiger partial charge in [-0.2, -0.15) is 0 Å². The summed E-state index contributed by atoms with van der Waals surface area (Å²) in [5, 5.41) is 9.88. The van der Waals surface area contributed by atoms with E-state index < -0.39 is 22.0 Å². The highest BCUT2D eigenvalue weighted by atomic mass is 32.2. The number of amides is 1. The summed E-state index contributed by atoms with van der Waals surface area (Å²) in [6.07, 6.45) is -0.986. The van der Waals surface area contributed by atoms with Gasteiger partial charge < -0.3 is 10.0 Å². The normalized spacial score (nSPS) is 23.9. The van der Waals surface area contributed by atoms with Crippen LogP contribution in [0.1, 0.15) is 6.92 Å². The Bertz CT molecular complexity index is 588. The van der Waals surface area contributed by atoms with E-state index in [2.05, 4.69) is 0 Å². The molecule has 0 unspecified atom stereocenters. The lowest BCUT2D eigenvalue weighted by Gasteiger charge is -2.29. The van der Waals surface area contributed by atoms with Gasteiger partial charge >= 0.3 is 0 Å². The second-order valence-electron chi connectivity index (χ2n) is 4.99. The van der Waals surface area contributed by atoms with Crippen LogP contribution in [0.25, 0.3) is 0 Å². The van der Waals surface area contributed by atoms with Gasteiger partial charge in [-0.3, -0.25) is 4.79 Å². The molecule has 0 saturated carbocycles. The number of hydrogen-bond acceptors (Lipinski definition) is 5. The molecule has 0 aliphatic carbocycles. The second kappa shape index (κ2) is 6.81. The number of sulfone groups is 1. The van der Waals surface area contributed by atoms with Gasteiger partial charge in [0, 0.05) is 11.4 Å². The maximum atomic E-state index is 12.3. The zero-order valence-electron chi connectivity index (χ0n) is 11.8. The van der Waals surface area contributed by atoms with Crippen LogP contribution in [0.5, 0.6) is 0 Å². The molecule has 21 heavy (non-hydrogen) atoms. The highest BCUT2D eigenvalue weighted by Crippen LogP contribution is 2.22. The lowest BCUT2D eigenvalue weighted by molar-refractivity contribution is -0.131. The lowest BCUT2D eigenvalue weighted by atomic mass is 10.2. The maximum absolute atomic E-state index is 12.3. The number of rotatable bonds is 5. The van der Waals surface area contributed by atoms with Crippen LogP contribution < -0.4 is 0 Å². The Hall–Kier alpha value is -1.05. The number of benzene rings is 1.